The van der Waals surface area contributed by atoms with E-state index in [0.717, 1.165) is 22.7 Å². The summed E-state index contributed by atoms with van der Waals surface area (Å²) in [6.07, 6.45) is 0. The minimum Gasteiger partial charge on any atom is -0.457 e. The van der Waals surface area contributed by atoms with Crippen LogP contribution in [0.3, 0.4) is 0 Å². The molecule has 0 heterocycles. The van der Waals surface area contributed by atoms with Crippen LogP contribution in [-0.4, -0.2) is 0 Å². The van der Waals surface area contributed by atoms with E-state index < -0.39 is 0 Å². The highest BCUT2D eigenvalue weighted by molar-refractivity contribution is 14.1. The molecule has 2 aromatic rings. The highest BCUT2D eigenvalue weighted by Gasteiger charge is 2.01. The van der Waals surface area contributed by atoms with Gasteiger partial charge in [-0.25, -0.2) is 0 Å². The van der Waals surface area contributed by atoms with Crippen molar-refractivity contribution in [2.45, 2.75) is 13.8 Å². The third kappa shape index (κ3) is 2.91. The maximum atomic E-state index is 5.79. The van der Waals surface area contributed by atoms with E-state index in [1.165, 1.54) is 9.13 Å². The highest BCUT2D eigenvalue weighted by Crippen LogP contribution is 2.26. The zero-order valence-corrected chi connectivity index (χ0v) is 12.0. The zero-order chi connectivity index (χ0) is 12.4. The molecule has 2 N–H and O–H groups in total. The Morgan fingerprint density at radius 1 is 0.941 bits per heavy atom. The summed E-state index contributed by atoms with van der Waals surface area (Å²) in [7, 11) is 0. The fraction of sp³-hybridized carbons (Fsp3) is 0.143. The van der Waals surface area contributed by atoms with Crippen LogP contribution < -0.4 is 10.5 Å². The predicted octanol–water partition coefficient (Wildman–Crippen LogP) is 4.28. The van der Waals surface area contributed by atoms with Gasteiger partial charge in [0.2, 0.25) is 0 Å². The van der Waals surface area contributed by atoms with E-state index in [1.54, 1.807) is 0 Å². The summed E-state index contributed by atoms with van der Waals surface area (Å²) in [5, 5.41) is 0. The Kier molecular flexibility index (Phi) is 3.57. The van der Waals surface area contributed by atoms with Crippen LogP contribution in [0.2, 0.25) is 0 Å². The smallest absolute Gasteiger partial charge is 0.127 e. The van der Waals surface area contributed by atoms with Gasteiger partial charge in [-0.3, -0.25) is 0 Å². The number of nitrogens with two attached hydrogens (primary N) is 1. The van der Waals surface area contributed by atoms with Crippen molar-refractivity contribution in [3.05, 3.63) is 51.1 Å². The first-order valence-electron chi connectivity index (χ1n) is 5.36. The Morgan fingerprint density at radius 2 is 1.53 bits per heavy atom. The van der Waals surface area contributed by atoms with E-state index in [4.69, 9.17) is 10.5 Å². The first-order chi connectivity index (χ1) is 8.06. The molecular weight excluding hydrogens is 325 g/mol. The lowest BCUT2D eigenvalue weighted by Crippen LogP contribution is -1.91. The van der Waals surface area contributed by atoms with Crippen molar-refractivity contribution in [1.29, 1.82) is 0 Å². The number of benzene rings is 2. The van der Waals surface area contributed by atoms with Gasteiger partial charge in [-0.15, -0.1) is 0 Å². The van der Waals surface area contributed by atoms with Crippen LogP contribution in [-0.2, 0) is 0 Å². The number of aryl methyl sites for hydroxylation is 2. The van der Waals surface area contributed by atoms with Crippen molar-refractivity contribution in [2.24, 2.45) is 0 Å². The molecule has 0 saturated carbocycles. The van der Waals surface area contributed by atoms with Crippen molar-refractivity contribution in [2.75, 3.05) is 5.73 Å². The number of rotatable bonds is 2. The number of nitrogen functional groups attached to an aromatic ring is 1. The molecule has 0 aromatic heterocycles. The average molecular weight is 339 g/mol. The molecular formula is C14H14INO. The van der Waals surface area contributed by atoms with Crippen molar-refractivity contribution >= 4 is 28.3 Å². The second-order valence-corrected chi connectivity index (χ2v) is 5.19. The first-order valence-corrected chi connectivity index (χ1v) is 6.44. The molecule has 0 aliphatic heterocycles. The second-order valence-electron chi connectivity index (χ2n) is 4.03. The summed E-state index contributed by atoms with van der Waals surface area (Å²) in [5.74, 6) is 1.67. The summed E-state index contributed by atoms with van der Waals surface area (Å²) in [6, 6.07) is 11.8. The molecule has 0 unspecified atom stereocenters. The second kappa shape index (κ2) is 4.96. The molecule has 0 amide bonds. The number of halogens is 1. The van der Waals surface area contributed by atoms with Crippen LogP contribution in [0.1, 0.15) is 11.1 Å². The molecule has 0 fully saturated rings. The normalized spacial score (nSPS) is 10.3. The minimum atomic E-state index is 0.788. The number of hydrogen-bond acceptors (Lipinski definition) is 2. The molecule has 0 saturated heterocycles. The fourth-order valence-electron chi connectivity index (χ4n) is 1.53. The lowest BCUT2D eigenvalue weighted by atomic mass is 10.2. The van der Waals surface area contributed by atoms with Gasteiger partial charge in [0, 0.05) is 9.26 Å². The standard InChI is InChI=1S/C14H14INO/c1-9-7-11(3-5-13(9)15)17-12-4-6-14(16)10(2)8-12/h3-8H,16H2,1-2H3. The monoisotopic (exact) mass is 339 g/mol. The largest absolute Gasteiger partial charge is 0.457 e. The Balaban J connectivity index is 2.25. The van der Waals surface area contributed by atoms with E-state index in [0.29, 0.717) is 0 Å². The lowest BCUT2D eigenvalue weighted by Gasteiger charge is -2.09. The quantitative estimate of drug-likeness (QED) is 0.655. The fourth-order valence-corrected chi connectivity index (χ4v) is 1.86. The van der Waals surface area contributed by atoms with Gasteiger partial charge in [0.05, 0.1) is 0 Å². The molecule has 2 rings (SSSR count). The third-order valence-corrected chi connectivity index (χ3v) is 3.82. The third-order valence-electron chi connectivity index (χ3n) is 2.61. The Morgan fingerprint density at radius 3 is 2.12 bits per heavy atom. The van der Waals surface area contributed by atoms with Gasteiger partial charge >= 0.3 is 0 Å². The summed E-state index contributed by atoms with van der Waals surface area (Å²) in [6.45, 7) is 4.05. The Bertz CT molecular complexity index is 502. The van der Waals surface area contributed by atoms with Crippen LogP contribution in [0, 0.1) is 17.4 Å². The Labute approximate surface area is 115 Å². The summed E-state index contributed by atoms with van der Waals surface area (Å²) >= 11 is 2.31. The maximum absolute atomic E-state index is 5.79. The SMILES string of the molecule is Cc1cc(Oc2ccc(I)c(C)c2)ccc1N. The summed E-state index contributed by atoms with van der Waals surface area (Å²) in [5.41, 5.74) is 8.81. The molecule has 0 radical (unpaired) electrons. The zero-order valence-electron chi connectivity index (χ0n) is 9.83. The number of hydrogen-bond donors (Lipinski definition) is 1. The van der Waals surface area contributed by atoms with E-state index in [2.05, 4.69) is 35.6 Å². The minimum absolute atomic E-state index is 0.788. The number of anilines is 1. The van der Waals surface area contributed by atoms with Gasteiger partial charge in [0.25, 0.3) is 0 Å². The summed E-state index contributed by atoms with van der Waals surface area (Å²) < 4.78 is 7.03. The van der Waals surface area contributed by atoms with Crippen molar-refractivity contribution in [3.8, 4) is 11.5 Å². The average Bonchev–Trinajstić information content (AvgIpc) is 2.29. The van der Waals surface area contributed by atoms with Crippen molar-refractivity contribution < 1.29 is 4.74 Å². The molecule has 88 valence electrons. The van der Waals surface area contributed by atoms with Crippen molar-refractivity contribution in [3.63, 3.8) is 0 Å². The van der Waals surface area contributed by atoms with Crippen LogP contribution >= 0.6 is 22.6 Å². The Hall–Kier alpha value is -1.23. The van der Waals surface area contributed by atoms with Crippen LogP contribution in [0.15, 0.2) is 36.4 Å². The van der Waals surface area contributed by atoms with Gasteiger partial charge in [-0.05, 0) is 84.0 Å². The van der Waals surface area contributed by atoms with E-state index in [1.807, 2.05) is 37.3 Å². The molecule has 0 bridgehead atoms. The van der Waals surface area contributed by atoms with Gasteiger partial charge in [0.1, 0.15) is 11.5 Å². The molecule has 17 heavy (non-hydrogen) atoms. The van der Waals surface area contributed by atoms with E-state index in [9.17, 15) is 0 Å². The van der Waals surface area contributed by atoms with Crippen LogP contribution in [0.4, 0.5) is 5.69 Å². The van der Waals surface area contributed by atoms with Gasteiger partial charge in [0.15, 0.2) is 0 Å². The van der Waals surface area contributed by atoms with Crippen molar-refractivity contribution in [1.82, 2.24) is 0 Å². The molecule has 0 aliphatic rings. The van der Waals surface area contributed by atoms with Gasteiger partial charge < -0.3 is 10.5 Å². The van der Waals surface area contributed by atoms with Gasteiger partial charge in [-0.1, -0.05) is 0 Å². The first kappa shape index (κ1) is 12.2. The molecule has 2 nitrogen and oxygen atoms in total. The van der Waals surface area contributed by atoms with E-state index in [-0.39, 0.29) is 0 Å². The predicted molar refractivity (Wildman–Crippen MR) is 79.6 cm³/mol. The molecule has 3 heteroatoms. The molecule has 0 spiro atoms. The lowest BCUT2D eigenvalue weighted by molar-refractivity contribution is 0.482. The summed E-state index contributed by atoms with van der Waals surface area (Å²) in [4.78, 5) is 0. The van der Waals surface area contributed by atoms with E-state index >= 15 is 0 Å². The van der Waals surface area contributed by atoms with Gasteiger partial charge in [-0.2, -0.15) is 0 Å². The number of ether oxygens (including phenoxy) is 1. The molecule has 0 atom stereocenters. The van der Waals surface area contributed by atoms with Crippen LogP contribution in [0.5, 0.6) is 11.5 Å². The molecule has 2 aromatic carbocycles. The topological polar surface area (TPSA) is 35.2 Å². The highest BCUT2D eigenvalue weighted by atomic mass is 127. The van der Waals surface area contributed by atoms with Crippen LogP contribution in [0.25, 0.3) is 0 Å². The molecule has 0 aliphatic carbocycles. The maximum Gasteiger partial charge on any atom is 0.127 e.